The second kappa shape index (κ2) is 7.39. The van der Waals surface area contributed by atoms with Crippen LogP contribution in [0.4, 0.5) is 17.6 Å². The zero-order valence-electron chi connectivity index (χ0n) is 13.5. The number of alkyl halides is 3. The number of thioether (sulfide) groups is 1. The Morgan fingerprint density at radius 3 is 2.44 bits per heavy atom. The maximum Gasteiger partial charge on any atom is 0.418 e. The molecule has 0 saturated carbocycles. The van der Waals surface area contributed by atoms with Gasteiger partial charge in [-0.25, -0.2) is 18.9 Å². The first-order chi connectivity index (χ1) is 12.8. The number of H-pyrrole nitrogens is 1. The highest BCUT2D eigenvalue weighted by Crippen LogP contribution is 2.34. The number of hydrogen-bond acceptors (Lipinski definition) is 4. The molecule has 5 nitrogen and oxygen atoms in total. The van der Waals surface area contributed by atoms with E-state index in [1.807, 2.05) is 0 Å². The predicted octanol–water partition coefficient (Wildman–Crippen LogP) is 3.69. The van der Waals surface area contributed by atoms with Crippen molar-refractivity contribution in [2.45, 2.75) is 11.3 Å². The van der Waals surface area contributed by atoms with Crippen molar-refractivity contribution in [2.24, 2.45) is 0 Å². The van der Waals surface area contributed by atoms with E-state index in [-0.39, 0.29) is 27.9 Å². The highest BCUT2D eigenvalue weighted by atomic mass is 32.2. The quantitative estimate of drug-likeness (QED) is 0.405. The molecule has 2 aromatic carbocycles. The normalized spacial score (nSPS) is 11.6. The number of aromatic nitrogens is 3. The third-order valence-corrected chi connectivity index (χ3v) is 4.53. The number of ketones is 1. The predicted molar refractivity (Wildman–Crippen MR) is 90.6 cm³/mol. The summed E-state index contributed by atoms with van der Waals surface area (Å²) < 4.78 is 53.4. The second-order valence-electron chi connectivity index (χ2n) is 5.38. The number of nitrogens with zero attached hydrogens (tertiary/aromatic N) is 2. The van der Waals surface area contributed by atoms with E-state index in [1.54, 1.807) is 0 Å². The number of aromatic amines is 1. The van der Waals surface area contributed by atoms with E-state index >= 15 is 0 Å². The number of hydrogen-bond donors (Lipinski definition) is 1. The summed E-state index contributed by atoms with van der Waals surface area (Å²) in [6, 6.07) is 9.43. The van der Waals surface area contributed by atoms with Gasteiger partial charge in [-0.3, -0.25) is 4.79 Å². The fourth-order valence-corrected chi connectivity index (χ4v) is 3.20. The zero-order valence-corrected chi connectivity index (χ0v) is 14.3. The minimum Gasteiger partial charge on any atom is -0.293 e. The Labute approximate surface area is 154 Å². The summed E-state index contributed by atoms with van der Waals surface area (Å²) in [6.45, 7) is 0. The lowest BCUT2D eigenvalue weighted by Crippen LogP contribution is -2.20. The van der Waals surface area contributed by atoms with Crippen molar-refractivity contribution < 1.29 is 22.4 Å². The molecule has 0 aliphatic carbocycles. The van der Waals surface area contributed by atoms with Crippen LogP contribution in [0, 0.1) is 5.82 Å². The van der Waals surface area contributed by atoms with E-state index in [1.165, 1.54) is 24.3 Å². The van der Waals surface area contributed by atoms with E-state index in [9.17, 15) is 27.2 Å². The number of halogens is 4. The number of rotatable bonds is 5. The van der Waals surface area contributed by atoms with Crippen LogP contribution in [-0.2, 0) is 6.18 Å². The third-order valence-electron chi connectivity index (χ3n) is 3.59. The third kappa shape index (κ3) is 4.11. The van der Waals surface area contributed by atoms with Gasteiger partial charge in [-0.15, -0.1) is 5.10 Å². The van der Waals surface area contributed by atoms with Crippen molar-refractivity contribution in [3.05, 3.63) is 76.0 Å². The molecular weight excluding hydrogens is 386 g/mol. The summed E-state index contributed by atoms with van der Waals surface area (Å²) in [5.41, 5.74) is -2.01. The highest BCUT2D eigenvalue weighted by molar-refractivity contribution is 7.99. The van der Waals surface area contributed by atoms with Crippen molar-refractivity contribution in [2.75, 3.05) is 5.75 Å². The lowest BCUT2D eigenvalue weighted by Gasteiger charge is -2.13. The van der Waals surface area contributed by atoms with Gasteiger partial charge in [0.05, 0.1) is 17.0 Å². The molecule has 140 valence electrons. The van der Waals surface area contributed by atoms with Crippen LogP contribution in [0.15, 0.2) is 58.5 Å². The Balaban J connectivity index is 1.89. The molecule has 3 aromatic rings. The molecule has 0 spiro atoms. The van der Waals surface area contributed by atoms with E-state index in [0.29, 0.717) is 0 Å². The molecule has 1 aromatic heterocycles. The van der Waals surface area contributed by atoms with Crippen LogP contribution >= 0.6 is 11.8 Å². The largest absolute Gasteiger partial charge is 0.418 e. The first kappa shape index (κ1) is 18.9. The number of Topliss-reactive ketones (excluding diaryl/α,β-unsaturated/α-hetero) is 1. The molecule has 3 rings (SSSR count). The Bertz CT molecular complexity index is 1030. The second-order valence-corrected chi connectivity index (χ2v) is 6.32. The van der Waals surface area contributed by atoms with Crippen LogP contribution in [-0.4, -0.2) is 26.3 Å². The number of para-hydroxylation sites is 1. The van der Waals surface area contributed by atoms with E-state index in [2.05, 4.69) is 10.2 Å². The molecular formula is C17H11F4N3O2S. The minimum absolute atomic E-state index is 0.0906. The van der Waals surface area contributed by atoms with Crippen LogP contribution in [0.5, 0.6) is 0 Å². The maximum absolute atomic E-state index is 13.2. The number of nitrogens with one attached hydrogen (secondary N) is 1. The van der Waals surface area contributed by atoms with Gasteiger partial charge in [-0.05, 0) is 36.4 Å². The molecule has 10 heteroatoms. The number of benzene rings is 2. The van der Waals surface area contributed by atoms with Crippen molar-refractivity contribution in [1.29, 1.82) is 0 Å². The molecule has 0 atom stereocenters. The van der Waals surface area contributed by atoms with Crippen LogP contribution in [0.2, 0.25) is 0 Å². The fourth-order valence-electron chi connectivity index (χ4n) is 2.35. The van der Waals surface area contributed by atoms with Gasteiger partial charge in [0.15, 0.2) is 10.9 Å². The standard InChI is InChI=1S/C17H11F4N3O2S/c18-11-7-5-10(6-8-11)14(25)9-27-16-23-22-15(26)24(16)13-4-2-1-3-12(13)17(19,20)21/h1-8H,9H2,(H,22,26). The van der Waals surface area contributed by atoms with Gasteiger partial charge in [0.2, 0.25) is 0 Å². The van der Waals surface area contributed by atoms with Crippen LogP contribution in [0.25, 0.3) is 5.69 Å². The minimum atomic E-state index is -4.67. The zero-order chi connectivity index (χ0) is 19.6. The average molecular weight is 397 g/mol. The lowest BCUT2D eigenvalue weighted by molar-refractivity contribution is -0.137. The smallest absolute Gasteiger partial charge is 0.293 e. The van der Waals surface area contributed by atoms with Gasteiger partial charge in [0, 0.05) is 5.56 Å². The summed E-state index contributed by atoms with van der Waals surface area (Å²) in [7, 11) is 0. The Morgan fingerprint density at radius 2 is 1.78 bits per heavy atom. The lowest BCUT2D eigenvalue weighted by atomic mass is 10.1. The maximum atomic E-state index is 13.2. The summed E-state index contributed by atoms with van der Waals surface area (Å²) in [5.74, 6) is -1.07. The topological polar surface area (TPSA) is 67.8 Å². The molecule has 0 aliphatic rings. The van der Waals surface area contributed by atoms with Crippen molar-refractivity contribution in [1.82, 2.24) is 14.8 Å². The van der Waals surface area contributed by atoms with Gasteiger partial charge >= 0.3 is 11.9 Å². The molecule has 27 heavy (non-hydrogen) atoms. The summed E-state index contributed by atoms with van der Waals surface area (Å²) >= 11 is 0.799. The molecule has 0 amide bonds. The fraction of sp³-hybridized carbons (Fsp3) is 0.118. The molecule has 0 bridgehead atoms. The Morgan fingerprint density at radius 1 is 1.11 bits per heavy atom. The Hall–Kier alpha value is -2.88. The van der Waals surface area contributed by atoms with Gasteiger partial charge in [0.1, 0.15) is 5.82 Å². The molecule has 0 saturated heterocycles. The summed E-state index contributed by atoms with van der Waals surface area (Å²) in [5, 5.41) is 5.71. The van der Waals surface area contributed by atoms with Crippen LogP contribution < -0.4 is 5.69 Å². The van der Waals surface area contributed by atoms with Crippen LogP contribution in [0.1, 0.15) is 15.9 Å². The Kier molecular flexibility index (Phi) is 5.17. The SMILES string of the molecule is O=C(CSc1n[nH]c(=O)n1-c1ccccc1C(F)(F)F)c1ccc(F)cc1. The average Bonchev–Trinajstić information content (AvgIpc) is 3.00. The van der Waals surface area contributed by atoms with E-state index in [0.717, 1.165) is 40.6 Å². The number of carbonyl (C=O) groups is 1. The van der Waals surface area contributed by atoms with Crippen molar-refractivity contribution in [3.63, 3.8) is 0 Å². The molecule has 1 heterocycles. The molecule has 0 unspecified atom stereocenters. The molecule has 0 aliphatic heterocycles. The van der Waals surface area contributed by atoms with Gasteiger partial charge in [-0.1, -0.05) is 23.9 Å². The molecule has 1 N–H and O–H groups in total. The summed E-state index contributed by atoms with van der Waals surface area (Å²) in [6.07, 6.45) is -4.67. The van der Waals surface area contributed by atoms with Crippen molar-refractivity contribution >= 4 is 17.5 Å². The van der Waals surface area contributed by atoms with E-state index in [4.69, 9.17) is 0 Å². The van der Waals surface area contributed by atoms with E-state index < -0.39 is 23.2 Å². The van der Waals surface area contributed by atoms with Crippen LogP contribution in [0.3, 0.4) is 0 Å². The molecule has 0 radical (unpaired) electrons. The summed E-state index contributed by atoms with van der Waals surface area (Å²) in [4.78, 5) is 24.2. The monoisotopic (exact) mass is 397 g/mol. The highest BCUT2D eigenvalue weighted by Gasteiger charge is 2.34. The van der Waals surface area contributed by atoms with Gasteiger partial charge in [-0.2, -0.15) is 13.2 Å². The molecule has 0 fully saturated rings. The number of carbonyl (C=O) groups excluding carboxylic acids is 1. The van der Waals surface area contributed by atoms with Gasteiger partial charge < -0.3 is 0 Å². The first-order valence-electron chi connectivity index (χ1n) is 7.53. The van der Waals surface area contributed by atoms with Crippen molar-refractivity contribution in [3.8, 4) is 5.69 Å². The van der Waals surface area contributed by atoms with Gasteiger partial charge in [0.25, 0.3) is 0 Å². The first-order valence-corrected chi connectivity index (χ1v) is 8.51.